The first-order valence-corrected chi connectivity index (χ1v) is 7.66. The van der Waals surface area contributed by atoms with Gasteiger partial charge in [0.25, 0.3) is 5.82 Å². The molecule has 3 rings (SSSR count). The maximum absolute atomic E-state index is 13.1. The van der Waals surface area contributed by atoms with Crippen molar-refractivity contribution in [1.29, 1.82) is 0 Å². The van der Waals surface area contributed by atoms with Gasteiger partial charge in [-0.2, -0.15) is 17.7 Å². The Balaban J connectivity index is 1.84. The first-order chi connectivity index (χ1) is 12.8. The number of fused-ring (bicyclic) bond motifs is 1. The summed E-state index contributed by atoms with van der Waals surface area (Å²) < 4.78 is 57.2. The molecule has 0 aliphatic heterocycles. The van der Waals surface area contributed by atoms with Gasteiger partial charge in [-0.15, -0.1) is 15.3 Å². The minimum Gasteiger partial charge on any atom is -0.468 e. The first-order valence-electron chi connectivity index (χ1n) is 7.66. The molecule has 0 bridgehead atoms. The van der Waals surface area contributed by atoms with Crippen LogP contribution in [0.1, 0.15) is 17.3 Å². The molecule has 142 valence electrons. The van der Waals surface area contributed by atoms with Crippen molar-refractivity contribution in [2.75, 3.05) is 19.0 Å². The number of carbonyl (C=O) groups excluding carboxylic acids is 1. The molecule has 0 amide bonds. The third kappa shape index (κ3) is 3.96. The molecule has 0 fully saturated rings. The number of carbonyl (C=O) groups is 1. The van der Waals surface area contributed by atoms with Crippen molar-refractivity contribution in [3.05, 3.63) is 53.6 Å². The molecule has 0 aliphatic rings. The topological polar surface area (TPSA) is 81.4 Å². The van der Waals surface area contributed by atoms with Crippen LogP contribution >= 0.6 is 0 Å². The zero-order chi connectivity index (χ0) is 19.6. The fraction of sp³-hybridized carbons (Fsp3) is 0.250. The molecule has 2 heterocycles. The summed E-state index contributed by atoms with van der Waals surface area (Å²) in [6.07, 6.45) is -4.71. The summed E-state index contributed by atoms with van der Waals surface area (Å²) in [5, 5.41) is 13.1. The predicted molar refractivity (Wildman–Crippen MR) is 85.4 cm³/mol. The second kappa shape index (κ2) is 7.17. The van der Waals surface area contributed by atoms with E-state index in [9.17, 15) is 22.4 Å². The van der Waals surface area contributed by atoms with Gasteiger partial charge >= 0.3 is 12.1 Å². The van der Waals surface area contributed by atoms with Crippen molar-refractivity contribution in [2.24, 2.45) is 0 Å². The average Bonchev–Trinajstić information content (AvgIpc) is 3.06. The van der Waals surface area contributed by atoms with E-state index in [0.29, 0.717) is 10.1 Å². The molecule has 0 saturated heterocycles. The molecule has 11 heteroatoms. The molecule has 7 nitrogen and oxygen atoms in total. The van der Waals surface area contributed by atoms with Gasteiger partial charge in [-0.3, -0.25) is 4.79 Å². The van der Waals surface area contributed by atoms with Crippen molar-refractivity contribution in [1.82, 2.24) is 19.8 Å². The maximum atomic E-state index is 13.1. The van der Waals surface area contributed by atoms with Gasteiger partial charge in [0.1, 0.15) is 11.6 Å². The quantitative estimate of drug-likeness (QED) is 0.539. The van der Waals surface area contributed by atoms with E-state index in [0.717, 1.165) is 0 Å². The molecule has 0 radical (unpaired) electrons. The van der Waals surface area contributed by atoms with Crippen LogP contribution in [0.2, 0.25) is 0 Å². The van der Waals surface area contributed by atoms with Crippen LogP contribution in [-0.4, -0.2) is 39.4 Å². The Morgan fingerprint density at radius 3 is 2.52 bits per heavy atom. The number of aromatic nitrogens is 4. The average molecular weight is 383 g/mol. The fourth-order valence-electron chi connectivity index (χ4n) is 2.44. The number of nitrogens with zero attached hydrogens (tertiary/aromatic N) is 4. The number of anilines is 1. The molecule has 1 aromatic carbocycles. The highest BCUT2D eigenvalue weighted by Crippen LogP contribution is 2.27. The van der Waals surface area contributed by atoms with Crippen LogP contribution in [0, 0.1) is 5.82 Å². The van der Waals surface area contributed by atoms with E-state index in [1.54, 1.807) is 0 Å². The molecular formula is C16H13F4N5O2. The highest BCUT2D eigenvalue weighted by atomic mass is 19.4. The number of rotatable bonds is 5. The largest absolute Gasteiger partial charge is 0.468 e. The molecule has 1 atom stereocenters. The van der Waals surface area contributed by atoms with E-state index in [4.69, 9.17) is 4.74 Å². The standard InChI is InChI=1S/C16H13F4N5O2/c1-27-14(26)11(9-2-4-10(17)5-3-9)8-21-12-6-7-13-22-23-15(16(18,19)20)25(13)24-12/h2-7,11H,8H2,1H3,(H,21,24). The first kappa shape index (κ1) is 18.5. The van der Waals surface area contributed by atoms with Gasteiger partial charge in [-0.1, -0.05) is 12.1 Å². The summed E-state index contributed by atoms with van der Waals surface area (Å²) in [4.78, 5) is 12.0. The Morgan fingerprint density at radius 2 is 1.89 bits per heavy atom. The van der Waals surface area contributed by atoms with Crippen LogP contribution in [0.4, 0.5) is 23.4 Å². The number of hydrogen-bond acceptors (Lipinski definition) is 6. The summed E-state index contributed by atoms with van der Waals surface area (Å²) in [5.74, 6) is -3.05. The van der Waals surface area contributed by atoms with Crippen LogP contribution in [0.3, 0.4) is 0 Å². The molecule has 0 aliphatic carbocycles. The Bertz CT molecular complexity index is 956. The van der Waals surface area contributed by atoms with E-state index >= 15 is 0 Å². The molecule has 0 spiro atoms. The Morgan fingerprint density at radius 1 is 1.19 bits per heavy atom. The van der Waals surface area contributed by atoms with Crippen LogP contribution in [0.5, 0.6) is 0 Å². The van der Waals surface area contributed by atoms with Crippen LogP contribution in [-0.2, 0) is 15.7 Å². The van der Waals surface area contributed by atoms with Crippen molar-refractivity contribution < 1.29 is 27.1 Å². The van der Waals surface area contributed by atoms with E-state index in [2.05, 4.69) is 20.6 Å². The third-order valence-electron chi connectivity index (χ3n) is 3.76. The molecule has 0 saturated carbocycles. The molecule has 2 aromatic heterocycles. The molecule has 3 aromatic rings. The van der Waals surface area contributed by atoms with Crippen LogP contribution in [0.25, 0.3) is 5.65 Å². The lowest BCUT2D eigenvalue weighted by molar-refractivity contribution is -0.146. The van der Waals surface area contributed by atoms with Crippen molar-refractivity contribution in [3.63, 3.8) is 0 Å². The predicted octanol–water partition coefficient (Wildman–Crippen LogP) is 2.65. The normalized spacial score (nSPS) is 12.8. The second-order valence-electron chi connectivity index (χ2n) is 5.52. The van der Waals surface area contributed by atoms with Crippen molar-refractivity contribution in [2.45, 2.75) is 12.1 Å². The van der Waals surface area contributed by atoms with Crippen molar-refractivity contribution in [3.8, 4) is 0 Å². The van der Waals surface area contributed by atoms with E-state index < -0.39 is 29.7 Å². The van der Waals surface area contributed by atoms with Crippen LogP contribution < -0.4 is 5.32 Å². The Hall–Kier alpha value is -3.24. The van der Waals surface area contributed by atoms with Gasteiger partial charge in [-0.05, 0) is 29.8 Å². The zero-order valence-electron chi connectivity index (χ0n) is 13.9. The number of methoxy groups -OCH3 is 1. The summed E-state index contributed by atoms with van der Waals surface area (Å²) in [6, 6.07) is 7.96. The molecule has 1 unspecified atom stereocenters. The summed E-state index contributed by atoms with van der Waals surface area (Å²) >= 11 is 0. The van der Waals surface area contributed by atoms with Crippen molar-refractivity contribution >= 4 is 17.4 Å². The molecular weight excluding hydrogens is 370 g/mol. The highest BCUT2D eigenvalue weighted by Gasteiger charge is 2.37. The van der Waals surface area contributed by atoms with Crippen LogP contribution in [0.15, 0.2) is 36.4 Å². The lowest BCUT2D eigenvalue weighted by Crippen LogP contribution is -2.23. The van der Waals surface area contributed by atoms with Gasteiger partial charge in [0.15, 0.2) is 5.65 Å². The lowest BCUT2D eigenvalue weighted by Gasteiger charge is -2.16. The van der Waals surface area contributed by atoms with Gasteiger partial charge < -0.3 is 10.1 Å². The second-order valence-corrected chi connectivity index (χ2v) is 5.52. The Labute approximate surface area is 150 Å². The number of esters is 1. The monoisotopic (exact) mass is 383 g/mol. The molecule has 1 N–H and O–H groups in total. The zero-order valence-corrected chi connectivity index (χ0v) is 13.9. The summed E-state index contributed by atoms with van der Waals surface area (Å²) in [6.45, 7) is -0.0275. The van der Waals surface area contributed by atoms with Gasteiger partial charge in [0, 0.05) is 6.54 Å². The third-order valence-corrected chi connectivity index (χ3v) is 3.76. The van der Waals surface area contributed by atoms with E-state index in [-0.39, 0.29) is 18.0 Å². The number of hydrogen-bond donors (Lipinski definition) is 1. The Kier molecular flexibility index (Phi) is 4.93. The minimum absolute atomic E-state index is 0.0275. The summed E-state index contributed by atoms with van der Waals surface area (Å²) in [7, 11) is 1.20. The van der Waals surface area contributed by atoms with E-state index in [1.807, 2.05) is 0 Å². The highest BCUT2D eigenvalue weighted by molar-refractivity contribution is 5.78. The number of ether oxygens (including phenoxy) is 1. The number of halogens is 4. The summed E-state index contributed by atoms with van der Waals surface area (Å²) in [5.41, 5.74) is 0.410. The van der Waals surface area contributed by atoms with Gasteiger partial charge in [0.05, 0.1) is 13.0 Å². The minimum atomic E-state index is -4.71. The van der Waals surface area contributed by atoms with Gasteiger partial charge in [0.2, 0.25) is 0 Å². The number of nitrogens with one attached hydrogen (secondary N) is 1. The number of benzene rings is 1. The fourth-order valence-corrected chi connectivity index (χ4v) is 2.44. The number of alkyl halides is 3. The maximum Gasteiger partial charge on any atom is 0.453 e. The lowest BCUT2D eigenvalue weighted by atomic mass is 9.99. The van der Waals surface area contributed by atoms with E-state index in [1.165, 1.54) is 43.5 Å². The smallest absolute Gasteiger partial charge is 0.453 e. The van der Waals surface area contributed by atoms with Gasteiger partial charge in [-0.25, -0.2) is 4.39 Å². The SMILES string of the molecule is COC(=O)C(CNc1ccc2nnc(C(F)(F)F)n2n1)c1ccc(F)cc1. The molecule has 27 heavy (non-hydrogen) atoms.